The van der Waals surface area contributed by atoms with E-state index in [0.29, 0.717) is 13.0 Å². The molecule has 1 saturated carbocycles. The molecule has 7 heteroatoms. The lowest BCUT2D eigenvalue weighted by atomic mass is 9.74. The monoisotopic (exact) mass is 462 g/mol. The summed E-state index contributed by atoms with van der Waals surface area (Å²) in [7, 11) is 0. The first kappa shape index (κ1) is 22.4. The van der Waals surface area contributed by atoms with Gasteiger partial charge in [0.15, 0.2) is 0 Å². The van der Waals surface area contributed by atoms with E-state index in [0.717, 1.165) is 22.3 Å². The number of rotatable bonds is 5. The highest BCUT2D eigenvalue weighted by atomic mass is 16.5. The third-order valence-electron chi connectivity index (χ3n) is 7.59. The fourth-order valence-corrected chi connectivity index (χ4v) is 5.81. The molecule has 34 heavy (non-hydrogen) atoms. The summed E-state index contributed by atoms with van der Waals surface area (Å²) < 4.78 is 5.66. The molecular formula is C27H30N2O5. The lowest BCUT2D eigenvalue weighted by Crippen LogP contribution is -2.56. The van der Waals surface area contributed by atoms with Crippen molar-refractivity contribution in [3.05, 3.63) is 59.7 Å². The van der Waals surface area contributed by atoms with Crippen LogP contribution in [0.5, 0.6) is 0 Å². The first-order valence-electron chi connectivity index (χ1n) is 11.8. The topological polar surface area (TPSA) is 95.9 Å². The van der Waals surface area contributed by atoms with Crippen LogP contribution >= 0.6 is 0 Å². The van der Waals surface area contributed by atoms with Gasteiger partial charge in [0.25, 0.3) is 0 Å². The van der Waals surface area contributed by atoms with Gasteiger partial charge in [-0.1, -0.05) is 69.3 Å². The number of carboxylic acids is 1. The zero-order chi connectivity index (χ0) is 24.2. The number of benzene rings is 2. The van der Waals surface area contributed by atoms with Crippen LogP contribution in [0.3, 0.4) is 0 Å². The average molecular weight is 463 g/mol. The molecule has 2 heterocycles. The number of amides is 2. The molecule has 4 atom stereocenters. The van der Waals surface area contributed by atoms with Crippen molar-refractivity contribution < 1.29 is 24.2 Å². The summed E-state index contributed by atoms with van der Waals surface area (Å²) in [4.78, 5) is 39.4. The number of hydrogen-bond acceptors (Lipinski definition) is 4. The van der Waals surface area contributed by atoms with Crippen LogP contribution < -0.4 is 5.32 Å². The van der Waals surface area contributed by atoms with Gasteiger partial charge in [-0.15, -0.1) is 0 Å². The number of carbonyl (C=O) groups excluding carboxylic acids is 2. The highest BCUT2D eigenvalue weighted by Crippen LogP contribution is 2.47. The van der Waals surface area contributed by atoms with Crippen molar-refractivity contribution in [2.45, 2.75) is 45.2 Å². The molecule has 0 radical (unpaired) electrons. The summed E-state index contributed by atoms with van der Waals surface area (Å²) >= 11 is 0. The summed E-state index contributed by atoms with van der Waals surface area (Å²) in [5, 5.41) is 12.2. The van der Waals surface area contributed by atoms with Crippen molar-refractivity contribution in [2.75, 3.05) is 13.2 Å². The molecule has 0 aromatic heterocycles. The van der Waals surface area contributed by atoms with Gasteiger partial charge in [0.05, 0.1) is 5.92 Å². The molecule has 2 aromatic rings. The van der Waals surface area contributed by atoms with Gasteiger partial charge < -0.3 is 20.1 Å². The molecule has 3 fully saturated rings. The molecule has 6 rings (SSSR count). The third-order valence-corrected chi connectivity index (χ3v) is 7.59. The van der Waals surface area contributed by atoms with E-state index in [-0.39, 0.29) is 30.4 Å². The molecule has 2 aliphatic carbocycles. The number of nitrogens with zero attached hydrogens (tertiary/aromatic N) is 1. The van der Waals surface area contributed by atoms with E-state index < -0.39 is 29.4 Å². The summed E-state index contributed by atoms with van der Waals surface area (Å²) in [6.45, 7) is 6.25. The largest absolute Gasteiger partial charge is 0.481 e. The first-order chi connectivity index (χ1) is 16.2. The molecule has 2 bridgehead atoms. The number of fused-ring (bicyclic) bond motifs is 4. The Bertz CT molecular complexity index is 1110. The minimum Gasteiger partial charge on any atom is -0.481 e. The zero-order valence-electron chi connectivity index (χ0n) is 19.7. The lowest BCUT2D eigenvalue weighted by Gasteiger charge is -2.37. The molecule has 0 spiro atoms. The van der Waals surface area contributed by atoms with Crippen LogP contribution in [0.15, 0.2) is 48.5 Å². The molecule has 7 nitrogen and oxygen atoms in total. The van der Waals surface area contributed by atoms with Gasteiger partial charge in [-0.2, -0.15) is 0 Å². The highest BCUT2D eigenvalue weighted by molar-refractivity contribution is 5.88. The van der Waals surface area contributed by atoms with Crippen molar-refractivity contribution in [1.29, 1.82) is 0 Å². The smallest absolute Gasteiger partial charge is 0.407 e. The Balaban J connectivity index is 1.28. The third kappa shape index (κ3) is 3.63. The van der Waals surface area contributed by atoms with E-state index in [9.17, 15) is 19.5 Å². The Labute approximate surface area is 199 Å². The average Bonchev–Trinajstić information content (AvgIpc) is 3.45. The number of carbonyl (C=O) groups is 3. The summed E-state index contributed by atoms with van der Waals surface area (Å²) in [5.41, 5.74) is 3.98. The van der Waals surface area contributed by atoms with Gasteiger partial charge in [0.2, 0.25) is 5.91 Å². The SMILES string of the molecule is CC(C)(C)[C@@H](NC(=O)OCC1c2ccccc2-c2ccccc21)C(=O)N1CC2CC1C2C(=O)O. The lowest BCUT2D eigenvalue weighted by molar-refractivity contribution is -0.149. The van der Waals surface area contributed by atoms with Crippen LogP contribution in [-0.2, 0) is 14.3 Å². The van der Waals surface area contributed by atoms with Crippen LogP contribution in [0, 0.1) is 17.3 Å². The predicted molar refractivity (Wildman–Crippen MR) is 126 cm³/mol. The Kier molecular flexibility index (Phi) is 5.38. The quantitative estimate of drug-likeness (QED) is 0.703. The fraction of sp³-hybridized carbons (Fsp3) is 0.444. The molecule has 178 valence electrons. The molecule has 2 aliphatic heterocycles. The maximum atomic E-state index is 13.4. The second-order valence-electron chi connectivity index (χ2n) is 10.7. The van der Waals surface area contributed by atoms with Gasteiger partial charge >= 0.3 is 12.1 Å². The van der Waals surface area contributed by atoms with Crippen molar-refractivity contribution >= 4 is 18.0 Å². The summed E-state index contributed by atoms with van der Waals surface area (Å²) in [6.07, 6.45) is 0.0707. The van der Waals surface area contributed by atoms with E-state index in [2.05, 4.69) is 29.6 Å². The first-order valence-corrected chi connectivity index (χ1v) is 11.8. The standard InChI is InChI=1S/C27H30N2O5/c1-27(2,3)23(24(30)29-13-15-12-21(29)22(15)25(31)32)28-26(33)34-14-20-18-10-6-4-8-16(18)17-9-5-7-11-19(17)20/h4-11,15,20-23H,12-14H2,1-3H3,(H,28,33)(H,31,32)/t15?,21?,22?,23-/m0/s1. The Hall–Kier alpha value is -3.35. The number of aliphatic carboxylic acids is 1. The van der Waals surface area contributed by atoms with E-state index >= 15 is 0 Å². The number of alkyl carbamates (subject to hydrolysis) is 1. The second-order valence-corrected chi connectivity index (χ2v) is 10.7. The summed E-state index contributed by atoms with van der Waals surface area (Å²) in [5.74, 6) is -1.66. The van der Waals surface area contributed by atoms with Crippen LogP contribution in [0.4, 0.5) is 4.79 Å². The zero-order valence-corrected chi connectivity index (χ0v) is 19.7. The van der Waals surface area contributed by atoms with Gasteiger partial charge in [0, 0.05) is 18.5 Å². The van der Waals surface area contributed by atoms with E-state index in [1.807, 2.05) is 45.0 Å². The number of nitrogens with one attached hydrogen (secondary N) is 1. The number of carboxylic acid groups (broad SMARTS) is 1. The van der Waals surface area contributed by atoms with Crippen molar-refractivity contribution in [3.63, 3.8) is 0 Å². The van der Waals surface area contributed by atoms with E-state index in [1.165, 1.54) is 0 Å². The van der Waals surface area contributed by atoms with Crippen LogP contribution in [0.25, 0.3) is 11.1 Å². The molecule has 2 N–H and O–H groups in total. The second kappa shape index (κ2) is 8.15. The van der Waals surface area contributed by atoms with Gasteiger partial charge in [-0.25, -0.2) is 4.79 Å². The van der Waals surface area contributed by atoms with E-state index in [4.69, 9.17) is 4.74 Å². The Morgan fingerprint density at radius 2 is 1.65 bits per heavy atom. The number of ether oxygens (including phenoxy) is 1. The van der Waals surface area contributed by atoms with Crippen LogP contribution in [0.1, 0.15) is 44.2 Å². The highest BCUT2D eigenvalue weighted by Gasteiger charge is 2.58. The maximum absolute atomic E-state index is 13.4. The molecule has 3 unspecified atom stereocenters. The van der Waals surface area contributed by atoms with Crippen molar-refractivity contribution in [3.8, 4) is 11.1 Å². The fourth-order valence-electron chi connectivity index (χ4n) is 5.81. The van der Waals surface area contributed by atoms with Gasteiger partial charge in [-0.3, -0.25) is 9.59 Å². The minimum atomic E-state index is -0.853. The Morgan fingerprint density at radius 3 is 2.18 bits per heavy atom. The Morgan fingerprint density at radius 1 is 1.06 bits per heavy atom. The molecule has 2 aromatic carbocycles. The van der Waals surface area contributed by atoms with Gasteiger partial charge in [0.1, 0.15) is 12.6 Å². The van der Waals surface area contributed by atoms with Crippen LogP contribution in [0.2, 0.25) is 0 Å². The summed E-state index contributed by atoms with van der Waals surface area (Å²) in [6, 6.07) is 15.1. The normalized spacial score (nSPS) is 23.5. The molecule has 2 saturated heterocycles. The van der Waals surface area contributed by atoms with Crippen molar-refractivity contribution in [1.82, 2.24) is 10.2 Å². The minimum absolute atomic E-state index is 0.00141. The molecule has 2 amide bonds. The molecular weight excluding hydrogens is 432 g/mol. The number of hydrogen-bond donors (Lipinski definition) is 2. The predicted octanol–water partition coefficient (Wildman–Crippen LogP) is 3.87. The molecule has 4 aliphatic rings. The van der Waals surface area contributed by atoms with Gasteiger partial charge in [-0.05, 0) is 40.0 Å². The maximum Gasteiger partial charge on any atom is 0.407 e. The van der Waals surface area contributed by atoms with Crippen LogP contribution in [-0.4, -0.2) is 53.2 Å². The van der Waals surface area contributed by atoms with Crippen molar-refractivity contribution in [2.24, 2.45) is 17.3 Å². The van der Waals surface area contributed by atoms with E-state index in [1.54, 1.807) is 4.90 Å².